The average Bonchev–Trinajstić information content (AvgIpc) is 3.51. The highest BCUT2D eigenvalue weighted by atomic mass is 32.2. The maximum Gasteiger partial charge on any atom is 0.241 e. The standard InChI is InChI=1S/C26H33N3O3S/c27-20(15-33-14-16-4-2-1-3-5-16)24(31)28-7-6-21-23(28)22(30)13-29(21)25(32)26-11-17-8-18(12-26)10-19(26)9-17/h1-5,17-21,23H,6-15,27H2/t17?,18?,19?,20-,21?,23?,26?/m0/s1. The van der Waals surface area contributed by atoms with Crippen LogP contribution in [0.1, 0.15) is 44.1 Å². The summed E-state index contributed by atoms with van der Waals surface area (Å²) >= 11 is 1.64. The summed E-state index contributed by atoms with van der Waals surface area (Å²) in [7, 11) is 0. The second-order valence-corrected chi connectivity index (χ2v) is 12.1. The number of carbonyl (C=O) groups excluding carboxylic acids is 3. The van der Waals surface area contributed by atoms with Crippen LogP contribution in [0.25, 0.3) is 0 Å². The van der Waals surface area contributed by atoms with Gasteiger partial charge in [-0.3, -0.25) is 14.4 Å². The number of nitrogens with two attached hydrogens (primary N) is 1. The van der Waals surface area contributed by atoms with Crippen LogP contribution in [-0.2, 0) is 20.1 Å². The number of nitrogens with zero attached hydrogens (tertiary/aromatic N) is 2. The first kappa shape index (κ1) is 21.7. The number of carbonyl (C=O) groups is 3. The second-order valence-electron chi connectivity index (χ2n) is 11.0. The minimum atomic E-state index is -0.630. The molecule has 2 aliphatic heterocycles. The van der Waals surface area contributed by atoms with Crippen LogP contribution in [0.3, 0.4) is 0 Å². The Hall–Kier alpha value is -1.86. The molecule has 4 aliphatic carbocycles. The van der Waals surface area contributed by atoms with Crippen LogP contribution in [-0.4, -0.2) is 64.4 Å². The van der Waals surface area contributed by atoms with E-state index in [1.54, 1.807) is 16.7 Å². The molecule has 5 atom stereocenters. The lowest BCUT2D eigenvalue weighted by molar-refractivity contribution is -0.145. The minimum Gasteiger partial charge on any atom is -0.329 e. The van der Waals surface area contributed by atoms with Crippen molar-refractivity contribution in [3.8, 4) is 0 Å². The van der Waals surface area contributed by atoms with Crippen LogP contribution in [0.5, 0.6) is 0 Å². The third kappa shape index (κ3) is 3.45. The van der Waals surface area contributed by atoms with E-state index < -0.39 is 12.1 Å². The van der Waals surface area contributed by atoms with Gasteiger partial charge in [0.25, 0.3) is 0 Å². The Kier molecular flexibility index (Phi) is 5.33. The Morgan fingerprint density at radius 3 is 2.55 bits per heavy atom. The largest absolute Gasteiger partial charge is 0.329 e. The molecule has 176 valence electrons. The monoisotopic (exact) mass is 467 g/mol. The topological polar surface area (TPSA) is 83.7 Å². The summed E-state index contributed by atoms with van der Waals surface area (Å²) in [6.45, 7) is 0.683. The quantitative estimate of drug-likeness (QED) is 0.695. The summed E-state index contributed by atoms with van der Waals surface area (Å²) < 4.78 is 0. The SMILES string of the molecule is N[C@@H](CSCc1ccccc1)C(=O)N1CCC2C1C(=O)CN2C(=O)C12CC3CC(CC1C3)C2. The van der Waals surface area contributed by atoms with E-state index in [1.165, 1.54) is 24.8 Å². The van der Waals surface area contributed by atoms with E-state index in [-0.39, 0.29) is 35.6 Å². The molecular weight excluding hydrogens is 434 g/mol. The highest BCUT2D eigenvalue weighted by molar-refractivity contribution is 7.98. The number of ketones is 1. The molecule has 7 heteroatoms. The van der Waals surface area contributed by atoms with E-state index in [1.807, 2.05) is 23.1 Å². The van der Waals surface area contributed by atoms with Gasteiger partial charge in [-0.1, -0.05) is 30.3 Å². The molecule has 6 nitrogen and oxygen atoms in total. The van der Waals surface area contributed by atoms with Gasteiger partial charge in [0, 0.05) is 18.1 Å². The number of hydrogen-bond acceptors (Lipinski definition) is 5. The van der Waals surface area contributed by atoms with Crippen LogP contribution < -0.4 is 5.73 Å². The van der Waals surface area contributed by atoms with E-state index in [0.29, 0.717) is 36.5 Å². The Morgan fingerprint density at radius 1 is 1.09 bits per heavy atom. The number of thioether (sulfide) groups is 1. The summed E-state index contributed by atoms with van der Waals surface area (Å²) in [5.74, 6) is 3.32. The van der Waals surface area contributed by atoms with E-state index in [9.17, 15) is 14.4 Å². The maximum atomic E-state index is 13.8. The molecule has 1 aromatic carbocycles. The Labute approximate surface area is 199 Å². The first-order valence-electron chi connectivity index (χ1n) is 12.5. The number of hydrogen-bond donors (Lipinski definition) is 1. The predicted octanol–water partition coefficient (Wildman–Crippen LogP) is 2.45. The highest BCUT2D eigenvalue weighted by Crippen LogP contribution is 2.66. The number of Topliss-reactive ketones (excluding diaryl/α,β-unsaturated/α-hetero) is 1. The molecule has 4 saturated carbocycles. The maximum absolute atomic E-state index is 13.8. The van der Waals surface area contributed by atoms with E-state index >= 15 is 0 Å². The number of benzene rings is 1. The normalized spacial score (nSPS) is 37.1. The van der Waals surface area contributed by atoms with Crippen molar-refractivity contribution < 1.29 is 14.4 Å². The summed E-state index contributed by atoms with van der Waals surface area (Å²) in [5, 5.41) is 0. The van der Waals surface area contributed by atoms with Gasteiger partial charge in [-0.05, 0) is 61.8 Å². The summed E-state index contributed by atoms with van der Waals surface area (Å²) in [6.07, 6.45) is 6.39. The summed E-state index contributed by atoms with van der Waals surface area (Å²) in [6, 6.07) is 8.84. The minimum absolute atomic E-state index is 0.0115. The number of likely N-dealkylation sites (tertiary alicyclic amines) is 2. The van der Waals surface area contributed by atoms with Gasteiger partial charge >= 0.3 is 0 Å². The van der Waals surface area contributed by atoms with Crippen LogP contribution in [0.4, 0.5) is 0 Å². The number of amides is 2. The van der Waals surface area contributed by atoms with Gasteiger partial charge in [-0.15, -0.1) is 0 Å². The summed E-state index contributed by atoms with van der Waals surface area (Å²) in [5.41, 5.74) is 7.26. The Bertz CT molecular complexity index is 955. The summed E-state index contributed by atoms with van der Waals surface area (Å²) in [4.78, 5) is 43.6. The van der Waals surface area contributed by atoms with Gasteiger partial charge in [-0.2, -0.15) is 11.8 Å². The van der Waals surface area contributed by atoms with Crippen molar-refractivity contribution >= 4 is 29.4 Å². The molecule has 1 aromatic rings. The molecule has 0 aromatic heterocycles. The zero-order chi connectivity index (χ0) is 22.7. The molecule has 7 rings (SSSR count). The lowest BCUT2D eigenvalue weighted by Gasteiger charge is -2.37. The van der Waals surface area contributed by atoms with Crippen molar-refractivity contribution in [3.05, 3.63) is 35.9 Å². The molecule has 0 spiro atoms. The lowest BCUT2D eigenvalue weighted by Crippen LogP contribution is -2.51. The molecule has 6 fully saturated rings. The fourth-order valence-electron chi connectivity index (χ4n) is 7.93. The van der Waals surface area contributed by atoms with Crippen LogP contribution in [0, 0.1) is 23.2 Å². The van der Waals surface area contributed by atoms with E-state index in [0.717, 1.165) is 18.6 Å². The second kappa shape index (κ2) is 8.12. The zero-order valence-corrected chi connectivity index (χ0v) is 19.8. The highest BCUT2D eigenvalue weighted by Gasteiger charge is 2.64. The molecule has 4 unspecified atom stereocenters. The van der Waals surface area contributed by atoms with Crippen LogP contribution in [0.2, 0.25) is 0 Å². The molecule has 33 heavy (non-hydrogen) atoms. The van der Waals surface area contributed by atoms with Crippen molar-refractivity contribution in [2.75, 3.05) is 18.8 Å². The van der Waals surface area contributed by atoms with Crippen LogP contribution >= 0.6 is 11.8 Å². The molecule has 4 bridgehead atoms. The number of rotatable bonds is 6. The van der Waals surface area contributed by atoms with Gasteiger partial charge in [0.05, 0.1) is 24.0 Å². The van der Waals surface area contributed by atoms with Crippen molar-refractivity contribution in [2.24, 2.45) is 28.9 Å². The fourth-order valence-corrected chi connectivity index (χ4v) is 8.88. The molecule has 6 aliphatic rings. The molecule has 0 radical (unpaired) electrons. The van der Waals surface area contributed by atoms with Crippen molar-refractivity contribution in [2.45, 2.75) is 62.4 Å². The number of fused-ring (bicyclic) bond motifs is 1. The Morgan fingerprint density at radius 2 is 1.82 bits per heavy atom. The van der Waals surface area contributed by atoms with Crippen LogP contribution in [0.15, 0.2) is 30.3 Å². The first-order valence-corrected chi connectivity index (χ1v) is 13.6. The zero-order valence-electron chi connectivity index (χ0n) is 19.0. The van der Waals surface area contributed by atoms with Crippen molar-refractivity contribution in [1.82, 2.24) is 9.80 Å². The van der Waals surface area contributed by atoms with Crippen molar-refractivity contribution in [1.29, 1.82) is 0 Å². The smallest absolute Gasteiger partial charge is 0.241 e. The van der Waals surface area contributed by atoms with Crippen molar-refractivity contribution in [3.63, 3.8) is 0 Å². The molecular formula is C26H33N3O3S. The predicted molar refractivity (Wildman–Crippen MR) is 127 cm³/mol. The molecule has 2 N–H and O–H groups in total. The third-order valence-corrected chi connectivity index (χ3v) is 10.2. The lowest BCUT2D eigenvalue weighted by atomic mass is 9.74. The Balaban J connectivity index is 1.10. The van der Waals surface area contributed by atoms with Gasteiger partial charge in [0.15, 0.2) is 5.78 Å². The van der Waals surface area contributed by atoms with Gasteiger partial charge in [0.1, 0.15) is 6.04 Å². The molecule has 2 saturated heterocycles. The fraction of sp³-hybridized carbons (Fsp3) is 0.654. The van der Waals surface area contributed by atoms with Gasteiger partial charge < -0.3 is 15.5 Å². The third-order valence-electron chi connectivity index (χ3n) is 9.11. The molecule has 2 heterocycles. The molecule has 2 amide bonds. The first-order chi connectivity index (χ1) is 16.0. The van der Waals surface area contributed by atoms with E-state index in [4.69, 9.17) is 5.73 Å². The van der Waals surface area contributed by atoms with Gasteiger partial charge in [0.2, 0.25) is 11.8 Å². The van der Waals surface area contributed by atoms with E-state index in [2.05, 4.69) is 12.1 Å². The van der Waals surface area contributed by atoms with Gasteiger partial charge in [-0.25, -0.2) is 0 Å². The average molecular weight is 468 g/mol.